The van der Waals surface area contributed by atoms with Crippen LogP contribution in [-0.2, 0) is 25.7 Å². The van der Waals surface area contributed by atoms with E-state index < -0.39 is 23.8 Å². The molecule has 1 rings (SSSR count). The first-order valence-corrected chi connectivity index (χ1v) is 8.59. The topological polar surface area (TPSA) is 102 Å². The van der Waals surface area contributed by atoms with Gasteiger partial charge in [-0.25, -0.2) is 4.79 Å². The molecule has 1 aromatic carbocycles. The molecule has 0 radical (unpaired) electrons. The number of carbonyl (C=O) groups is 1. The van der Waals surface area contributed by atoms with E-state index in [1.54, 1.807) is 45.0 Å². The Labute approximate surface area is 160 Å². The van der Waals surface area contributed by atoms with Crippen molar-refractivity contribution in [2.75, 3.05) is 14.2 Å². The van der Waals surface area contributed by atoms with Crippen LogP contribution in [0.3, 0.4) is 0 Å². The fraction of sp³-hybridized carbons (Fsp3) is 0.550. The van der Waals surface area contributed by atoms with E-state index in [0.29, 0.717) is 18.4 Å². The maximum Gasteiger partial charge on any atom is 0.373 e. The van der Waals surface area contributed by atoms with Gasteiger partial charge in [0.05, 0.1) is 17.7 Å². The summed E-state index contributed by atoms with van der Waals surface area (Å²) in [5, 5.41) is 18.4. The van der Waals surface area contributed by atoms with Crippen molar-refractivity contribution >= 4 is 5.97 Å². The van der Waals surface area contributed by atoms with Crippen molar-refractivity contribution < 1.29 is 24.0 Å². The molecule has 0 heterocycles. The number of methoxy groups -OCH3 is 2. The Morgan fingerprint density at radius 3 is 2.07 bits per heavy atom. The van der Waals surface area contributed by atoms with Gasteiger partial charge in [-0.3, -0.25) is 4.89 Å². The number of carbonyl (C=O) groups excluding carboxylic acids is 1. The number of rotatable bonds is 9. The monoisotopic (exact) mass is 374 g/mol. The van der Waals surface area contributed by atoms with Crippen LogP contribution in [0.1, 0.15) is 43.1 Å². The zero-order valence-corrected chi connectivity index (χ0v) is 16.4. The second-order valence-corrected chi connectivity index (χ2v) is 7.04. The Morgan fingerprint density at radius 2 is 1.63 bits per heavy atom. The summed E-state index contributed by atoms with van der Waals surface area (Å²) in [6.45, 7) is 5.34. The van der Waals surface area contributed by atoms with Gasteiger partial charge in [-0.2, -0.15) is 15.4 Å². The molecule has 0 aliphatic rings. The molecule has 0 amide bonds. The van der Waals surface area contributed by atoms with Crippen LogP contribution >= 0.6 is 0 Å². The van der Waals surface area contributed by atoms with Gasteiger partial charge in [0.1, 0.15) is 11.5 Å². The third-order valence-electron chi connectivity index (χ3n) is 3.84. The summed E-state index contributed by atoms with van der Waals surface area (Å²) in [4.78, 5) is 21.8. The molecule has 0 saturated heterocycles. The Balaban J connectivity index is 2.74. The average Bonchev–Trinajstić information content (AvgIpc) is 2.65. The van der Waals surface area contributed by atoms with Crippen molar-refractivity contribution in [3.05, 3.63) is 35.4 Å². The fourth-order valence-corrected chi connectivity index (χ4v) is 2.48. The first-order valence-electron chi connectivity index (χ1n) is 8.59. The third-order valence-corrected chi connectivity index (χ3v) is 3.84. The van der Waals surface area contributed by atoms with E-state index in [1.807, 2.05) is 12.1 Å². The normalized spacial score (nSPS) is 12.5. The predicted octanol–water partition coefficient (Wildman–Crippen LogP) is 3.40. The van der Waals surface area contributed by atoms with Gasteiger partial charge in [-0.1, -0.05) is 12.1 Å². The van der Waals surface area contributed by atoms with Crippen LogP contribution in [0.15, 0.2) is 24.3 Å². The standard InChI is InChI=1S/C20H26N2O5/c1-20(2,3)27-26-18(23)15-9-6-14(7-10-15)8-11-17(16(12-21)13-22)19(24-4)25-5/h6-7,9-10,16-17,19H,8,11H2,1-5H3. The lowest BCUT2D eigenvalue weighted by Gasteiger charge is -2.25. The lowest BCUT2D eigenvalue weighted by molar-refractivity contribution is -0.301. The van der Waals surface area contributed by atoms with Crippen molar-refractivity contribution in [3.63, 3.8) is 0 Å². The highest BCUT2D eigenvalue weighted by molar-refractivity contribution is 5.88. The van der Waals surface area contributed by atoms with Gasteiger partial charge in [0.2, 0.25) is 0 Å². The van der Waals surface area contributed by atoms with E-state index in [9.17, 15) is 15.3 Å². The summed E-state index contributed by atoms with van der Waals surface area (Å²) in [7, 11) is 2.96. The largest absolute Gasteiger partial charge is 0.373 e. The number of nitrogens with zero attached hydrogens (tertiary/aromatic N) is 2. The smallest absolute Gasteiger partial charge is 0.356 e. The van der Waals surface area contributed by atoms with E-state index in [-0.39, 0.29) is 5.92 Å². The van der Waals surface area contributed by atoms with Crippen LogP contribution in [0.2, 0.25) is 0 Å². The second-order valence-electron chi connectivity index (χ2n) is 7.04. The van der Waals surface area contributed by atoms with Crippen LogP contribution in [0.5, 0.6) is 0 Å². The van der Waals surface area contributed by atoms with Gasteiger partial charge in [0.15, 0.2) is 6.29 Å². The number of ether oxygens (including phenoxy) is 2. The zero-order chi connectivity index (χ0) is 20.4. The minimum absolute atomic E-state index is 0.373. The molecule has 146 valence electrons. The third kappa shape index (κ3) is 7.36. The lowest BCUT2D eigenvalue weighted by Crippen LogP contribution is -2.30. The Morgan fingerprint density at radius 1 is 1.07 bits per heavy atom. The first-order chi connectivity index (χ1) is 12.8. The van der Waals surface area contributed by atoms with Gasteiger partial charge < -0.3 is 9.47 Å². The zero-order valence-electron chi connectivity index (χ0n) is 16.4. The van der Waals surface area contributed by atoms with E-state index in [2.05, 4.69) is 0 Å². The van der Waals surface area contributed by atoms with E-state index in [1.165, 1.54) is 14.2 Å². The average molecular weight is 374 g/mol. The summed E-state index contributed by atoms with van der Waals surface area (Å²) in [6, 6.07) is 10.9. The van der Waals surface area contributed by atoms with Crippen molar-refractivity contribution in [2.24, 2.45) is 11.8 Å². The Hall–Kier alpha value is -2.45. The quantitative estimate of drug-likeness (QED) is 0.371. The van der Waals surface area contributed by atoms with Crippen LogP contribution in [0.4, 0.5) is 0 Å². The molecule has 0 N–H and O–H groups in total. The maximum atomic E-state index is 12.0. The fourth-order valence-electron chi connectivity index (χ4n) is 2.48. The van der Waals surface area contributed by atoms with Crippen LogP contribution in [0.25, 0.3) is 0 Å². The molecule has 1 unspecified atom stereocenters. The number of benzene rings is 1. The van der Waals surface area contributed by atoms with Crippen molar-refractivity contribution in [3.8, 4) is 12.1 Å². The Bertz CT molecular complexity index is 664. The van der Waals surface area contributed by atoms with Crippen LogP contribution in [-0.4, -0.2) is 32.1 Å². The molecule has 27 heavy (non-hydrogen) atoms. The second kappa shape index (κ2) is 10.6. The molecule has 0 saturated carbocycles. The summed E-state index contributed by atoms with van der Waals surface area (Å²) < 4.78 is 10.5. The number of nitriles is 2. The molecule has 7 nitrogen and oxygen atoms in total. The van der Waals surface area contributed by atoms with Gasteiger partial charge in [-0.05, 0) is 51.3 Å². The molecule has 0 fully saturated rings. The lowest BCUT2D eigenvalue weighted by atomic mass is 9.88. The number of hydrogen-bond donors (Lipinski definition) is 0. The molecule has 0 aromatic heterocycles. The molecule has 0 bridgehead atoms. The molecule has 0 aliphatic heterocycles. The maximum absolute atomic E-state index is 12.0. The summed E-state index contributed by atoms with van der Waals surface area (Å²) in [6.07, 6.45) is 0.481. The van der Waals surface area contributed by atoms with E-state index >= 15 is 0 Å². The van der Waals surface area contributed by atoms with Crippen LogP contribution in [0, 0.1) is 34.5 Å². The highest BCUT2D eigenvalue weighted by Gasteiger charge is 2.30. The molecular weight excluding hydrogens is 348 g/mol. The molecule has 7 heteroatoms. The summed E-state index contributed by atoms with van der Waals surface area (Å²) in [5.74, 6) is -1.79. The van der Waals surface area contributed by atoms with E-state index in [4.69, 9.17) is 19.2 Å². The minimum Gasteiger partial charge on any atom is -0.356 e. The van der Waals surface area contributed by atoms with Crippen molar-refractivity contribution in [1.82, 2.24) is 0 Å². The Kier molecular flexibility index (Phi) is 8.90. The van der Waals surface area contributed by atoms with E-state index in [0.717, 1.165) is 5.56 Å². The van der Waals surface area contributed by atoms with Crippen LogP contribution < -0.4 is 0 Å². The predicted molar refractivity (Wildman–Crippen MR) is 97.0 cm³/mol. The molecule has 1 aromatic rings. The molecule has 1 atom stereocenters. The number of hydrogen-bond acceptors (Lipinski definition) is 7. The van der Waals surface area contributed by atoms with Gasteiger partial charge >= 0.3 is 5.97 Å². The highest BCUT2D eigenvalue weighted by atomic mass is 17.2. The number of aryl methyl sites for hydroxylation is 1. The molecular formula is C20H26N2O5. The van der Waals surface area contributed by atoms with Crippen molar-refractivity contribution in [1.29, 1.82) is 10.5 Å². The van der Waals surface area contributed by atoms with Gasteiger partial charge in [0.25, 0.3) is 0 Å². The van der Waals surface area contributed by atoms with Gasteiger partial charge in [0, 0.05) is 20.1 Å². The SMILES string of the molecule is COC(OC)C(CCc1ccc(C(=O)OOC(C)(C)C)cc1)C(C#N)C#N. The van der Waals surface area contributed by atoms with Gasteiger partial charge in [-0.15, -0.1) is 0 Å². The van der Waals surface area contributed by atoms with Crippen molar-refractivity contribution in [2.45, 2.75) is 45.5 Å². The molecule has 0 spiro atoms. The first kappa shape index (κ1) is 22.6. The molecule has 0 aliphatic carbocycles. The summed E-state index contributed by atoms with van der Waals surface area (Å²) >= 11 is 0. The summed E-state index contributed by atoms with van der Waals surface area (Å²) in [5.41, 5.74) is 0.744. The highest BCUT2D eigenvalue weighted by Crippen LogP contribution is 2.24. The minimum atomic E-state index is -0.835.